The smallest absolute Gasteiger partial charge is 0.0593 e. The van der Waals surface area contributed by atoms with Crippen molar-refractivity contribution in [2.45, 2.75) is 26.3 Å². The summed E-state index contributed by atoms with van der Waals surface area (Å²) in [6.07, 6.45) is 0. The Hall–Kier alpha value is 0.400. The van der Waals surface area contributed by atoms with E-state index in [0.29, 0.717) is 0 Å². The van der Waals surface area contributed by atoms with Crippen LogP contribution in [0.1, 0.15) is 20.8 Å². The van der Waals surface area contributed by atoms with Gasteiger partial charge in [-0.15, -0.1) is 0 Å². The maximum Gasteiger partial charge on any atom is 0.0593 e. The third kappa shape index (κ3) is 4.43. The number of alkyl halides is 1. The Kier molecular flexibility index (Phi) is 6.14. The van der Waals surface area contributed by atoms with Crippen molar-refractivity contribution in [1.82, 2.24) is 4.90 Å². The van der Waals surface area contributed by atoms with Crippen LogP contribution in [0.3, 0.4) is 0 Å². The van der Waals surface area contributed by atoms with Crippen molar-refractivity contribution in [1.29, 1.82) is 0 Å². The average molecular weight is 238 g/mol. The van der Waals surface area contributed by atoms with Crippen LogP contribution in [-0.4, -0.2) is 42.6 Å². The number of likely N-dealkylation sites (N-methyl/N-ethyl adjacent to an activating group) is 1. The Balaban J connectivity index is 3.63. The van der Waals surface area contributed by atoms with Crippen LogP contribution in [0.2, 0.25) is 0 Å². The number of ether oxygens (including phenoxy) is 1. The molecule has 74 valence electrons. The molecule has 0 aliphatic heterocycles. The van der Waals surface area contributed by atoms with E-state index < -0.39 is 0 Å². The molecule has 0 N–H and O–H groups in total. The second-order valence-electron chi connectivity index (χ2n) is 3.56. The average Bonchev–Trinajstić information content (AvgIpc) is 2.05. The molecule has 0 amide bonds. The van der Waals surface area contributed by atoms with Gasteiger partial charge in [0.1, 0.15) is 0 Å². The zero-order chi connectivity index (χ0) is 9.61. The first-order chi connectivity index (χ1) is 5.54. The zero-order valence-corrected chi connectivity index (χ0v) is 10.1. The second-order valence-corrected chi connectivity index (χ2v) is 4.13. The Morgan fingerprint density at radius 1 is 1.42 bits per heavy atom. The van der Waals surface area contributed by atoms with Gasteiger partial charge < -0.3 is 4.74 Å². The summed E-state index contributed by atoms with van der Waals surface area (Å²) in [5, 5.41) is 0.989. The highest BCUT2D eigenvalue weighted by atomic mass is 79.9. The van der Waals surface area contributed by atoms with Crippen molar-refractivity contribution >= 4 is 15.9 Å². The molecule has 0 spiro atoms. The zero-order valence-electron chi connectivity index (χ0n) is 8.56. The van der Waals surface area contributed by atoms with Crippen LogP contribution in [0.15, 0.2) is 0 Å². The molecular weight excluding hydrogens is 218 g/mol. The molecule has 0 heterocycles. The maximum absolute atomic E-state index is 5.29. The molecule has 0 aliphatic rings. The summed E-state index contributed by atoms with van der Waals surface area (Å²) < 4.78 is 5.29. The predicted octanol–water partition coefficient (Wildman–Crippen LogP) is 2.13. The van der Waals surface area contributed by atoms with Gasteiger partial charge in [-0.1, -0.05) is 15.9 Å². The first-order valence-corrected chi connectivity index (χ1v) is 5.51. The maximum atomic E-state index is 5.29. The lowest BCUT2D eigenvalue weighted by molar-refractivity contribution is 0.0898. The van der Waals surface area contributed by atoms with Crippen molar-refractivity contribution in [3.63, 3.8) is 0 Å². The summed E-state index contributed by atoms with van der Waals surface area (Å²) in [7, 11) is 2.13. The van der Waals surface area contributed by atoms with Crippen LogP contribution in [0.5, 0.6) is 0 Å². The molecule has 0 unspecified atom stereocenters. The second kappa shape index (κ2) is 5.95. The largest absolute Gasteiger partial charge is 0.380 e. The molecule has 12 heavy (non-hydrogen) atoms. The molecule has 0 saturated heterocycles. The molecule has 0 atom stereocenters. The quantitative estimate of drug-likeness (QED) is 0.519. The van der Waals surface area contributed by atoms with Crippen molar-refractivity contribution < 1.29 is 4.74 Å². The fourth-order valence-electron chi connectivity index (χ4n) is 0.751. The molecule has 0 aromatic carbocycles. The highest BCUT2D eigenvalue weighted by molar-refractivity contribution is 9.09. The lowest BCUT2D eigenvalue weighted by atomic mass is 10.1. The van der Waals surface area contributed by atoms with Crippen LogP contribution in [0, 0.1) is 0 Å². The lowest BCUT2D eigenvalue weighted by Crippen LogP contribution is -2.44. The van der Waals surface area contributed by atoms with E-state index in [-0.39, 0.29) is 5.54 Å². The third-order valence-electron chi connectivity index (χ3n) is 2.14. The van der Waals surface area contributed by atoms with Crippen molar-refractivity contribution in [3.8, 4) is 0 Å². The first kappa shape index (κ1) is 12.4. The van der Waals surface area contributed by atoms with Gasteiger partial charge in [-0.05, 0) is 27.8 Å². The van der Waals surface area contributed by atoms with E-state index in [0.717, 1.165) is 25.1 Å². The number of hydrogen-bond acceptors (Lipinski definition) is 2. The molecular formula is C9H20BrNO. The Morgan fingerprint density at radius 3 is 2.42 bits per heavy atom. The van der Waals surface area contributed by atoms with Gasteiger partial charge >= 0.3 is 0 Å². The van der Waals surface area contributed by atoms with E-state index >= 15 is 0 Å². The minimum absolute atomic E-state index is 0.219. The summed E-state index contributed by atoms with van der Waals surface area (Å²) >= 11 is 3.50. The monoisotopic (exact) mass is 237 g/mol. The summed E-state index contributed by atoms with van der Waals surface area (Å²) in [6.45, 7) is 9.08. The minimum Gasteiger partial charge on any atom is -0.380 e. The van der Waals surface area contributed by atoms with Gasteiger partial charge in [0.05, 0.1) is 6.61 Å². The van der Waals surface area contributed by atoms with Gasteiger partial charge in [-0.2, -0.15) is 0 Å². The van der Waals surface area contributed by atoms with E-state index in [1.165, 1.54) is 0 Å². The van der Waals surface area contributed by atoms with Crippen LogP contribution in [0.4, 0.5) is 0 Å². The van der Waals surface area contributed by atoms with E-state index in [4.69, 9.17) is 4.74 Å². The molecule has 0 radical (unpaired) electrons. The molecule has 0 aliphatic carbocycles. The van der Waals surface area contributed by atoms with Gasteiger partial charge in [-0.3, -0.25) is 4.90 Å². The molecule has 0 fully saturated rings. The summed E-state index contributed by atoms with van der Waals surface area (Å²) in [5.74, 6) is 0. The van der Waals surface area contributed by atoms with E-state index in [1.807, 2.05) is 6.92 Å². The highest BCUT2D eigenvalue weighted by Gasteiger charge is 2.20. The van der Waals surface area contributed by atoms with Gasteiger partial charge in [0.15, 0.2) is 0 Å². The van der Waals surface area contributed by atoms with Crippen molar-refractivity contribution in [3.05, 3.63) is 0 Å². The van der Waals surface area contributed by atoms with Crippen LogP contribution in [0.25, 0.3) is 0 Å². The van der Waals surface area contributed by atoms with Crippen LogP contribution in [-0.2, 0) is 4.74 Å². The molecule has 0 rings (SSSR count). The lowest BCUT2D eigenvalue weighted by Gasteiger charge is -2.33. The number of halogens is 1. The van der Waals surface area contributed by atoms with Gasteiger partial charge in [-0.25, -0.2) is 0 Å². The molecule has 0 aromatic heterocycles. The molecule has 3 heteroatoms. The van der Waals surface area contributed by atoms with Gasteiger partial charge in [0.2, 0.25) is 0 Å². The predicted molar refractivity (Wildman–Crippen MR) is 57.0 cm³/mol. The topological polar surface area (TPSA) is 12.5 Å². The van der Waals surface area contributed by atoms with Gasteiger partial charge in [0.25, 0.3) is 0 Å². The third-order valence-corrected chi connectivity index (χ3v) is 3.51. The number of hydrogen-bond donors (Lipinski definition) is 0. The summed E-state index contributed by atoms with van der Waals surface area (Å²) in [4.78, 5) is 2.30. The molecule has 2 nitrogen and oxygen atoms in total. The fourth-order valence-corrected chi connectivity index (χ4v) is 1.18. The van der Waals surface area contributed by atoms with E-state index in [9.17, 15) is 0 Å². The summed E-state index contributed by atoms with van der Waals surface area (Å²) in [6, 6.07) is 0. The molecule has 0 saturated carbocycles. The van der Waals surface area contributed by atoms with E-state index in [1.54, 1.807) is 0 Å². The SMILES string of the molecule is CCOCCN(C)C(C)(C)CBr. The van der Waals surface area contributed by atoms with Crippen molar-refractivity contribution in [2.75, 3.05) is 32.1 Å². The Bertz CT molecular complexity index is 117. The molecule has 0 aromatic rings. The molecule has 0 bridgehead atoms. The van der Waals surface area contributed by atoms with Gasteiger partial charge in [0, 0.05) is 24.0 Å². The van der Waals surface area contributed by atoms with Crippen LogP contribution >= 0.6 is 15.9 Å². The summed E-state index contributed by atoms with van der Waals surface area (Å²) in [5.41, 5.74) is 0.219. The standard InChI is InChI=1S/C9H20BrNO/c1-5-12-7-6-11(4)9(2,3)8-10/h5-8H2,1-4H3. The Labute approximate surface area is 84.4 Å². The number of nitrogens with zero attached hydrogens (tertiary/aromatic N) is 1. The fraction of sp³-hybridized carbons (Fsp3) is 1.00. The first-order valence-electron chi connectivity index (χ1n) is 4.39. The van der Waals surface area contributed by atoms with E-state index in [2.05, 4.69) is 41.7 Å². The highest BCUT2D eigenvalue weighted by Crippen LogP contribution is 2.14. The van der Waals surface area contributed by atoms with Crippen LogP contribution < -0.4 is 0 Å². The van der Waals surface area contributed by atoms with Crippen molar-refractivity contribution in [2.24, 2.45) is 0 Å². The number of rotatable bonds is 6. The minimum atomic E-state index is 0.219. The normalized spacial score (nSPS) is 12.5. The Morgan fingerprint density at radius 2 is 2.00 bits per heavy atom.